The van der Waals surface area contributed by atoms with Gasteiger partial charge in [0, 0.05) is 5.69 Å². The number of hydrogen-bond acceptors (Lipinski definition) is 2. The maximum Gasteiger partial charge on any atom is 0.241 e. The van der Waals surface area contributed by atoms with Crippen molar-refractivity contribution in [1.82, 2.24) is 5.32 Å². The minimum absolute atomic E-state index is 0.0754. The Hall–Kier alpha value is -1.35. The van der Waals surface area contributed by atoms with E-state index in [0.29, 0.717) is 11.8 Å². The van der Waals surface area contributed by atoms with Crippen LogP contribution >= 0.6 is 0 Å². The van der Waals surface area contributed by atoms with Gasteiger partial charge < -0.3 is 10.6 Å². The molecule has 1 aliphatic rings. The van der Waals surface area contributed by atoms with Gasteiger partial charge in [-0.15, -0.1) is 0 Å². The van der Waals surface area contributed by atoms with Gasteiger partial charge in [0.05, 0.1) is 6.04 Å². The SMILES string of the molecule is CC(C)C(C)CNC1CCc2ccccc2NC1=O. The molecule has 0 saturated heterocycles. The Balaban J connectivity index is 1.97. The average molecular weight is 260 g/mol. The molecule has 1 heterocycles. The van der Waals surface area contributed by atoms with E-state index in [2.05, 4.69) is 37.5 Å². The molecule has 0 radical (unpaired) electrons. The number of fused-ring (bicyclic) bond motifs is 1. The smallest absolute Gasteiger partial charge is 0.241 e. The summed E-state index contributed by atoms with van der Waals surface area (Å²) in [6, 6.07) is 7.99. The third-order valence-electron chi connectivity index (χ3n) is 4.12. The quantitative estimate of drug-likeness (QED) is 0.874. The summed E-state index contributed by atoms with van der Waals surface area (Å²) >= 11 is 0. The van der Waals surface area contributed by atoms with Crippen LogP contribution in [-0.4, -0.2) is 18.5 Å². The first-order chi connectivity index (χ1) is 9.08. The third kappa shape index (κ3) is 3.57. The second kappa shape index (κ2) is 6.20. The highest BCUT2D eigenvalue weighted by Crippen LogP contribution is 2.21. The number of carbonyl (C=O) groups is 1. The largest absolute Gasteiger partial charge is 0.324 e. The van der Waals surface area contributed by atoms with E-state index in [0.717, 1.165) is 25.1 Å². The lowest BCUT2D eigenvalue weighted by Crippen LogP contribution is -2.42. The molecule has 2 unspecified atom stereocenters. The van der Waals surface area contributed by atoms with E-state index in [9.17, 15) is 4.79 Å². The number of rotatable bonds is 4. The van der Waals surface area contributed by atoms with Crippen molar-refractivity contribution in [2.75, 3.05) is 11.9 Å². The van der Waals surface area contributed by atoms with Crippen LogP contribution in [-0.2, 0) is 11.2 Å². The van der Waals surface area contributed by atoms with Gasteiger partial charge >= 0.3 is 0 Å². The number of para-hydroxylation sites is 1. The molecule has 2 atom stereocenters. The van der Waals surface area contributed by atoms with E-state index in [1.54, 1.807) is 0 Å². The highest BCUT2D eigenvalue weighted by atomic mass is 16.2. The Morgan fingerprint density at radius 3 is 2.79 bits per heavy atom. The molecule has 0 bridgehead atoms. The number of aryl methyl sites for hydroxylation is 1. The Bertz CT molecular complexity index is 442. The molecular formula is C16H24N2O. The average Bonchev–Trinajstić information content (AvgIpc) is 2.54. The van der Waals surface area contributed by atoms with Gasteiger partial charge in [0.15, 0.2) is 0 Å². The second-order valence-corrected chi connectivity index (χ2v) is 5.87. The minimum Gasteiger partial charge on any atom is -0.324 e. The third-order valence-corrected chi connectivity index (χ3v) is 4.12. The number of benzene rings is 1. The summed E-state index contributed by atoms with van der Waals surface area (Å²) in [4.78, 5) is 12.2. The van der Waals surface area contributed by atoms with Crippen molar-refractivity contribution < 1.29 is 4.79 Å². The Kier molecular flexibility index (Phi) is 4.59. The lowest BCUT2D eigenvalue weighted by molar-refractivity contribution is -0.118. The van der Waals surface area contributed by atoms with E-state index in [1.165, 1.54) is 5.56 Å². The minimum atomic E-state index is -0.0754. The highest BCUT2D eigenvalue weighted by Gasteiger charge is 2.23. The van der Waals surface area contributed by atoms with Crippen LogP contribution < -0.4 is 10.6 Å². The molecule has 0 saturated carbocycles. The molecule has 2 rings (SSSR count). The number of nitrogens with one attached hydrogen (secondary N) is 2. The predicted octanol–water partition coefficient (Wildman–Crippen LogP) is 2.82. The van der Waals surface area contributed by atoms with Crippen molar-refractivity contribution in [3.05, 3.63) is 29.8 Å². The molecule has 0 aliphatic carbocycles. The number of carbonyl (C=O) groups excluding carboxylic acids is 1. The van der Waals surface area contributed by atoms with Crippen LogP contribution in [0, 0.1) is 11.8 Å². The molecule has 1 aromatic rings. The van der Waals surface area contributed by atoms with Crippen LogP contribution in [0.25, 0.3) is 0 Å². The summed E-state index contributed by atoms with van der Waals surface area (Å²) in [5, 5.41) is 6.44. The summed E-state index contributed by atoms with van der Waals surface area (Å²) in [7, 11) is 0. The molecule has 0 fully saturated rings. The van der Waals surface area contributed by atoms with Crippen LogP contribution in [0.15, 0.2) is 24.3 Å². The van der Waals surface area contributed by atoms with Gasteiger partial charge in [0.25, 0.3) is 0 Å². The van der Waals surface area contributed by atoms with Crippen LogP contribution in [0.5, 0.6) is 0 Å². The maximum atomic E-state index is 12.2. The van der Waals surface area contributed by atoms with Gasteiger partial charge in [-0.2, -0.15) is 0 Å². The van der Waals surface area contributed by atoms with Crippen molar-refractivity contribution in [3.63, 3.8) is 0 Å². The van der Waals surface area contributed by atoms with Gasteiger partial charge in [-0.3, -0.25) is 4.79 Å². The zero-order valence-electron chi connectivity index (χ0n) is 12.1. The normalized spacial score (nSPS) is 20.6. The lowest BCUT2D eigenvalue weighted by Gasteiger charge is -2.20. The molecular weight excluding hydrogens is 236 g/mol. The molecule has 3 nitrogen and oxygen atoms in total. The Labute approximate surface area is 115 Å². The molecule has 3 heteroatoms. The van der Waals surface area contributed by atoms with Crippen molar-refractivity contribution in [1.29, 1.82) is 0 Å². The zero-order chi connectivity index (χ0) is 13.8. The topological polar surface area (TPSA) is 41.1 Å². The summed E-state index contributed by atoms with van der Waals surface area (Å²) < 4.78 is 0. The van der Waals surface area contributed by atoms with Crippen LogP contribution in [0.3, 0.4) is 0 Å². The number of anilines is 1. The summed E-state index contributed by atoms with van der Waals surface area (Å²) in [5.41, 5.74) is 2.20. The summed E-state index contributed by atoms with van der Waals surface area (Å²) in [5.74, 6) is 1.32. The molecule has 0 spiro atoms. The first-order valence-corrected chi connectivity index (χ1v) is 7.20. The van der Waals surface area contributed by atoms with Crippen molar-refractivity contribution in [3.8, 4) is 0 Å². The van der Waals surface area contributed by atoms with Crippen molar-refractivity contribution in [2.45, 2.75) is 39.7 Å². The first kappa shape index (κ1) is 14.1. The van der Waals surface area contributed by atoms with Crippen LogP contribution in [0.1, 0.15) is 32.8 Å². The number of amides is 1. The van der Waals surface area contributed by atoms with Gasteiger partial charge in [-0.25, -0.2) is 0 Å². The van der Waals surface area contributed by atoms with Crippen LogP contribution in [0.2, 0.25) is 0 Å². The molecule has 1 aliphatic heterocycles. The Morgan fingerprint density at radius 2 is 2.05 bits per heavy atom. The van der Waals surface area contributed by atoms with Crippen molar-refractivity contribution in [2.24, 2.45) is 11.8 Å². The van der Waals surface area contributed by atoms with E-state index >= 15 is 0 Å². The number of hydrogen-bond donors (Lipinski definition) is 2. The van der Waals surface area contributed by atoms with E-state index < -0.39 is 0 Å². The molecule has 1 amide bonds. The van der Waals surface area contributed by atoms with Gasteiger partial charge in [-0.1, -0.05) is 39.0 Å². The fourth-order valence-electron chi connectivity index (χ4n) is 2.27. The maximum absolute atomic E-state index is 12.2. The van der Waals surface area contributed by atoms with E-state index in [-0.39, 0.29) is 11.9 Å². The molecule has 1 aromatic carbocycles. The standard InChI is InChI=1S/C16H24N2O/c1-11(2)12(3)10-17-15-9-8-13-6-4-5-7-14(13)18-16(15)19/h4-7,11-12,15,17H,8-10H2,1-3H3,(H,18,19). The zero-order valence-corrected chi connectivity index (χ0v) is 12.1. The Morgan fingerprint density at radius 1 is 1.32 bits per heavy atom. The molecule has 2 N–H and O–H groups in total. The highest BCUT2D eigenvalue weighted by molar-refractivity contribution is 5.96. The molecule has 104 valence electrons. The van der Waals surface area contributed by atoms with E-state index in [1.807, 2.05) is 18.2 Å². The summed E-state index contributed by atoms with van der Waals surface area (Å²) in [6.07, 6.45) is 1.82. The van der Waals surface area contributed by atoms with Gasteiger partial charge in [0.2, 0.25) is 5.91 Å². The second-order valence-electron chi connectivity index (χ2n) is 5.87. The fourth-order valence-corrected chi connectivity index (χ4v) is 2.27. The fraction of sp³-hybridized carbons (Fsp3) is 0.562. The molecule has 19 heavy (non-hydrogen) atoms. The first-order valence-electron chi connectivity index (χ1n) is 7.20. The summed E-state index contributed by atoms with van der Waals surface area (Å²) in [6.45, 7) is 7.55. The van der Waals surface area contributed by atoms with E-state index in [4.69, 9.17) is 0 Å². The van der Waals surface area contributed by atoms with Gasteiger partial charge in [-0.05, 0) is 42.9 Å². The monoisotopic (exact) mass is 260 g/mol. The molecule has 0 aromatic heterocycles. The van der Waals surface area contributed by atoms with Gasteiger partial charge in [0.1, 0.15) is 0 Å². The predicted molar refractivity (Wildman–Crippen MR) is 79.2 cm³/mol. The lowest BCUT2D eigenvalue weighted by atomic mass is 9.97. The van der Waals surface area contributed by atoms with Crippen LogP contribution in [0.4, 0.5) is 5.69 Å². The van der Waals surface area contributed by atoms with Crippen molar-refractivity contribution >= 4 is 11.6 Å².